The Balaban J connectivity index is 1.39. The number of aromatic nitrogens is 2. The fourth-order valence-corrected chi connectivity index (χ4v) is 5.50. The first kappa shape index (κ1) is 24.7. The van der Waals surface area contributed by atoms with Gasteiger partial charge in [-0.15, -0.1) is 0 Å². The average molecular weight is 524 g/mol. The van der Waals surface area contributed by atoms with E-state index in [1.807, 2.05) is 0 Å². The average Bonchev–Trinajstić information content (AvgIpc) is 3.69. The van der Waals surface area contributed by atoms with Crippen molar-refractivity contribution in [3.63, 3.8) is 0 Å². The van der Waals surface area contributed by atoms with Gasteiger partial charge in [-0.05, 0) is 44.4 Å². The Labute approximate surface area is 218 Å². The Morgan fingerprint density at radius 2 is 1.87 bits per heavy atom. The topological polar surface area (TPSA) is 81.6 Å². The van der Waals surface area contributed by atoms with Gasteiger partial charge in [-0.3, -0.25) is 4.79 Å². The van der Waals surface area contributed by atoms with Crippen molar-refractivity contribution < 1.29 is 23.1 Å². The van der Waals surface area contributed by atoms with E-state index in [-0.39, 0.29) is 53.5 Å². The molecule has 0 unspecified atom stereocenters. The lowest BCUT2D eigenvalue weighted by Crippen LogP contribution is -2.57. The van der Waals surface area contributed by atoms with Crippen LogP contribution in [0.15, 0.2) is 36.7 Å². The van der Waals surface area contributed by atoms with Gasteiger partial charge in [-0.25, -0.2) is 23.1 Å². The zero-order chi connectivity index (χ0) is 26.8. The van der Waals surface area contributed by atoms with Crippen LogP contribution in [0.1, 0.15) is 42.0 Å². The van der Waals surface area contributed by atoms with Crippen LogP contribution in [0.2, 0.25) is 0 Å². The van der Waals surface area contributed by atoms with E-state index >= 15 is 8.78 Å². The largest absolute Gasteiger partial charge is 0.392 e. The molecule has 3 aliphatic rings. The summed E-state index contributed by atoms with van der Waals surface area (Å²) in [6.45, 7) is 4.02. The number of fused-ring (bicyclic) bond motifs is 1. The first-order valence-electron chi connectivity index (χ1n) is 12.7. The molecule has 6 rings (SSSR count). The molecule has 1 atom stereocenters. The molecule has 198 valence electrons. The second-order valence-electron chi connectivity index (χ2n) is 10.7. The van der Waals surface area contributed by atoms with E-state index in [0.717, 1.165) is 12.8 Å². The molecule has 0 bridgehead atoms. The number of likely N-dealkylation sites (tertiary alicyclic amines) is 1. The lowest BCUT2D eigenvalue weighted by molar-refractivity contribution is -0.136. The predicted molar refractivity (Wildman–Crippen MR) is 136 cm³/mol. The summed E-state index contributed by atoms with van der Waals surface area (Å²) in [6, 6.07) is 5.85. The lowest BCUT2D eigenvalue weighted by atomic mass is 9.77. The van der Waals surface area contributed by atoms with Crippen molar-refractivity contribution >= 4 is 23.2 Å². The Bertz CT molecular complexity index is 1420. The highest BCUT2D eigenvalue weighted by atomic mass is 19.1. The number of hydrogen-bond acceptors (Lipinski definition) is 6. The van der Waals surface area contributed by atoms with Gasteiger partial charge in [0.25, 0.3) is 0 Å². The highest BCUT2D eigenvalue weighted by molar-refractivity contribution is 5.82. The van der Waals surface area contributed by atoms with Gasteiger partial charge in [0.05, 0.1) is 24.5 Å². The molecule has 1 saturated carbocycles. The molecule has 1 aliphatic carbocycles. The van der Waals surface area contributed by atoms with Gasteiger partial charge in [0.15, 0.2) is 11.6 Å². The maximum Gasteiger partial charge on any atom is 0.225 e. The molecule has 2 aliphatic heterocycles. The Morgan fingerprint density at radius 1 is 1.11 bits per heavy atom. The Kier molecular flexibility index (Phi) is 5.82. The molecule has 1 saturated heterocycles. The number of aliphatic hydroxyl groups excluding tert-OH is 1. The van der Waals surface area contributed by atoms with Crippen molar-refractivity contribution in [3.8, 4) is 0 Å². The second-order valence-corrected chi connectivity index (χ2v) is 10.7. The normalized spacial score (nSPS) is 20.9. The molecule has 4 heterocycles. The number of hydrogen-bond donors (Lipinski definition) is 2. The van der Waals surface area contributed by atoms with E-state index in [0.29, 0.717) is 30.2 Å². The molecule has 0 spiro atoms. The summed E-state index contributed by atoms with van der Waals surface area (Å²) in [4.78, 5) is 24.6. The third-order valence-corrected chi connectivity index (χ3v) is 7.96. The monoisotopic (exact) mass is 523 g/mol. The van der Waals surface area contributed by atoms with Crippen molar-refractivity contribution in [1.82, 2.24) is 14.9 Å². The number of aliphatic hydroxyl groups is 1. The predicted octanol–water partition coefficient (Wildman–Crippen LogP) is 4.19. The number of anilines is 3. The van der Waals surface area contributed by atoms with Crippen molar-refractivity contribution in [2.24, 2.45) is 5.92 Å². The van der Waals surface area contributed by atoms with Crippen LogP contribution in [0.3, 0.4) is 0 Å². The molecule has 10 heteroatoms. The summed E-state index contributed by atoms with van der Waals surface area (Å²) < 4.78 is 45.9. The number of rotatable bonds is 6. The highest BCUT2D eigenvalue weighted by Crippen LogP contribution is 2.50. The third-order valence-electron chi connectivity index (χ3n) is 7.96. The molecule has 2 aromatic heterocycles. The number of amides is 1. The minimum Gasteiger partial charge on any atom is -0.392 e. The fourth-order valence-electron chi connectivity index (χ4n) is 5.50. The first-order valence-corrected chi connectivity index (χ1v) is 12.7. The maximum absolute atomic E-state index is 16.3. The molecule has 2 fully saturated rings. The van der Waals surface area contributed by atoms with E-state index < -0.39 is 22.9 Å². The summed E-state index contributed by atoms with van der Waals surface area (Å²) in [5.41, 5.74) is 0.143. The summed E-state index contributed by atoms with van der Waals surface area (Å²) in [5.74, 6) is -1.21. The van der Waals surface area contributed by atoms with Crippen LogP contribution in [0.5, 0.6) is 0 Å². The first-order chi connectivity index (χ1) is 18.2. The van der Waals surface area contributed by atoms with E-state index in [4.69, 9.17) is 0 Å². The number of carbonyl (C=O) groups is 1. The van der Waals surface area contributed by atoms with Gasteiger partial charge >= 0.3 is 0 Å². The fraction of sp³-hybridized carbons (Fsp3) is 0.393. The zero-order valence-corrected chi connectivity index (χ0v) is 21.1. The number of pyridine rings is 2. The van der Waals surface area contributed by atoms with Gasteiger partial charge in [0.2, 0.25) is 5.91 Å². The quantitative estimate of drug-likeness (QED) is 0.505. The van der Waals surface area contributed by atoms with Crippen LogP contribution in [0.25, 0.3) is 0 Å². The highest BCUT2D eigenvalue weighted by Gasteiger charge is 2.47. The van der Waals surface area contributed by atoms with Gasteiger partial charge in [-0.2, -0.15) is 0 Å². The van der Waals surface area contributed by atoms with E-state index in [1.54, 1.807) is 28.9 Å². The van der Waals surface area contributed by atoms with Crippen LogP contribution in [0.4, 0.5) is 30.5 Å². The molecule has 0 radical (unpaired) electrons. The van der Waals surface area contributed by atoms with Gasteiger partial charge in [-0.1, -0.05) is 12.1 Å². The van der Waals surface area contributed by atoms with Crippen molar-refractivity contribution in [3.05, 3.63) is 76.4 Å². The smallest absolute Gasteiger partial charge is 0.225 e. The summed E-state index contributed by atoms with van der Waals surface area (Å²) in [5, 5.41) is 12.5. The van der Waals surface area contributed by atoms with Gasteiger partial charge in [0.1, 0.15) is 17.5 Å². The van der Waals surface area contributed by atoms with Crippen LogP contribution in [-0.2, 0) is 16.8 Å². The van der Waals surface area contributed by atoms with Gasteiger partial charge in [0, 0.05) is 53.9 Å². The molecule has 2 N–H and O–H groups in total. The zero-order valence-electron chi connectivity index (χ0n) is 21.1. The summed E-state index contributed by atoms with van der Waals surface area (Å²) in [7, 11) is 0. The molecule has 7 nitrogen and oxygen atoms in total. The summed E-state index contributed by atoms with van der Waals surface area (Å²) >= 11 is 0. The van der Waals surface area contributed by atoms with Gasteiger partial charge < -0.3 is 20.2 Å². The van der Waals surface area contributed by atoms with Crippen molar-refractivity contribution in [2.45, 2.75) is 44.8 Å². The maximum atomic E-state index is 16.3. The summed E-state index contributed by atoms with van der Waals surface area (Å²) in [6.07, 6.45) is 4.92. The molecular weight excluding hydrogens is 495 g/mol. The number of nitrogens with one attached hydrogen (secondary N) is 1. The molecule has 1 aromatic carbocycles. The lowest BCUT2D eigenvalue weighted by Gasteiger charge is -2.40. The molecule has 1 amide bonds. The van der Waals surface area contributed by atoms with E-state index in [1.165, 1.54) is 31.5 Å². The molecular formula is C28H28F3N5O2. The SMILES string of the molecule is Cc1c(F)ccc([C@@]2(C)CN(c3ccc(CO)cn3)c3cnc(NC4CN(C(=O)C5CC5)C4)c(F)c32)c1F. The third kappa shape index (κ3) is 3.89. The number of carbonyl (C=O) groups excluding carboxylic acids is 1. The molecule has 38 heavy (non-hydrogen) atoms. The number of nitrogens with zero attached hydrogens (tertiary/aromatic N) is 4. The van der Waals surface area contributed by atoms with E-state index in [9.17, 15) is 14.3 Å². The van der Waals surface area contributed by atoms with Crippen LogP contribution >= 0.6 is 0 Å². The minimum atomic E-state index is -1.19. The Hall–Kier alpha value is -3.66. The van der Waals surface area contributed by atoms with Crippen LogP contribution in [0, 0.1) is 30.3 Å². The van der Waals surface area contributed by atoms with Crippen LogP contribution in [-0.4, -0.2) is 51.6 Å². The van der Waals surface area contributed by atoms with Crippen LogP contribution < -0.4 is 10.2 Å². The minimum absolute atomic E-state index is 0.0307. The van der Waals surface area contributed by atoms with Crippen molar-refractivity contribution in [1.29, 1.82) is 0 Å². The number of benzene rings is 1. The molecule has 3 aromatic rings. The van der Waals surface area contributed by atoms with Crippen molar-refractivity contribution in [2.75, 3.05) is 29.9 Å². The number of halogens is 3. The second kappa shape index (κ2) is 8.97. The van der Waals surface area contributed by atoms with E-state index in [2.05, 4.69) is 15.3 Å². The standard InChI is InChI=1S/C28H28F3N5O2/c1-15-20(29)7-6-19(24(15)30)28(2)14-36(22-8-3-16(13-37)9-32-22)21-10-33-26(25(31)23(21)28)34-18-11-35(12-18)27(38)17-4-5-17/h3,6-10,17-18,37H,4-5,11-14H2,1-2H3,(H,33,34)/t28-/m1/s1. The Morgan fingerprint density at radius 3 is 2.53 bits per heavy atom.